The van der Waals surface area contributed by atoms with Crippen molar-refractivity contribution in [3.05, 3.63) is 111 Å². The number of hydrogen-bond acceptors (Lipinski definition) is 6. The van der Waals surface area contributed by atoms with E-state index in [9.17, 15) is 14.0 Å². The number of aryl methyl sites for hydroxylation is 2. The van der Waals surface area contributed by atoms with E-state index < -0.39 is 17.0 Å². The van der Waals surface area contributed by atoms with Gasteiger partial charge >= 0.3 is 0 Å². The summed E-state index contributed by atoms with van der Waals surface area (Å²) in [7, 11) is 1.52. The maximum Gasteiger partial charge on any atom is 0.200 e. The van der Waals surface area contributed by atoms with Gasteiger partial charge in [-0.3, -0.25) is 14.6 Å². The highest BCUT2D eigenvalue weighted by Gasteiger charge is 2.19. The van der Waals surface area contributed by atoms with Gasteiger partial charge in [-0.2, -0.15) is 0 Å². The average Bonchev–Trinajstić information content (AvgIpc) is 2.92. The van der Waals surface area contributed by atoms with Crippen molar-refractivity contribution in [2.24, 2.45) is 0 Å². The molecule has 0 atom stereocenters. The SMILES string of the molecule is COc1cnc2c(Oc3ccc(CC(=O)c4c[nH]c(C)c(-c5ccc(F)c(C)c5)c4=O)cc3F)ccnc2c1. The van der Waals surface area contributed by atoms with Gasteiger partial charge in [0.2, 0.25) is 0 Å². The molecule has 3 aromatic heterocycles. The lowest BCUT2D eigenvalue weighted by Gasteiger charge is -2.11. The van der Waals surface area contributed by atoms with E-state index in [4.69, 9.17) is 9.47 Å². The zero-order chi connectivity index (χ0) is 27.7. The van der Waals surface area contributed by atoms with Crippen LogP contribution in [0.1, 0.15) is 27.2 Å². The molecule has 3 heterocycles. The molecule has 0 fully saturated rings. The monoisotopic (exact) mass is 527 g/mol. The van der Waals surface area contributed by atoms with Gasteiger partial charge in [0.05, 0.1) is 24.4 Å². The molecule has 0 aliphatic rings. The number of methoxy groups -OCH3 is 1. The summed E-state index contributed by atoms with van der Waals surface area (Å²) in [6.07, 6.45) is 4.18. The lowest BCUT2D eigenvalue weighted by molar-refractivity contribution is 0.0991. The molecule has 0 spiro atoms. The Bertz CT molecular complexity index is 1800. The van der Waals surface area contributed by atoms with Crippen molar-refractivity contribution in [2.45, 2.75) is 20.3 Å². The molecule has 0 aliphatic heterocycles. The van der Waals surface area contributed by atoms with Crippen LogP contribution in [-0.4, -0.2) is 27.8 Å². The van der Waals surface area contributed by atoms with Crippen molar-refractivity contribution in [1.82, 2.24) is 15.0 Å². The lowest BCUT2D eigenvalue weighted by Crippen LogP contribution is -2.20. The predicted octanol–water partition coefficient (Wildman–Crippen LogP) is 6.11. The predicted molar refractivity (Wildman–Crippen MR) is 143 cm³/mol. The smallest absolute Gasteiger partial charge is 0.200 e. The molecule has 1 N–H and O–H groups in total. The quantitative estimate of drug-likeness (QED) is 0.257. The molecule has 5 rings (SSSR count). The Morgan fingerprint density at radius 2 is 1.79 bits per heavy atom. The Kier molecular flexibility index (Phi) is 6.89. The maximum absolute atomic E-state index is 15.0. The van der Waals surface area contributed by atoms with Crippen LogP contribution in [0.2, 0.25) is 0 Å². The van der Waals surface area contributed by atoms with Gasteiger partial charge in [-0.15, -0.1) is 0 Å². The third-order valence-corrected chi connectivity index (χ3v) is 6.36. The Hall–Kier alpha value is -4.92. The fourth-order valence-corrected chi connectivity index (χ4v) is 4.30. The first kappa shape index (κ1) is 25.7. The average molecular weight is 528 g/mol. The number of carbonyl (C=O) groups is 1. The highest BCUT2D eigenvalue weighted by atomic mass is 19.1. The molecule has 0 bridgehead atoms. The number of benzene rings is 2. The van der Waals surface area contributed by atoms with Gasteiger partial charge in [-0.1, -0.05) is 12.1 Å². The Morgan fingerprint density at radius 3 is 2.54 bits per heavy atom. The second-order valence-electron chi connectivity index (χ2n) is 9.01. The summed E-state index contributed by atoms with van der Waals surface area (Å²) in [6.45, 7) is 3.31. The number of halogens is 2. The molecule has 0 aliphatic carbocycles. The highest BCUT2D eigenvalue weighted by molar-refractivity contribution is 5.98. The summed E-state index contributed by atoms with van der Waals surface area (Å²) >= 11 is 0. The van der Waals surface area contributed by atoms with E-state index >= 15 is 4.39 Å². The number of nitrogens with zero attached hydrogens (tertiary/aromatic N) is 2. The number of nitrogens with one attached hydrogen (secondary N) is 1. The molecule has 0 saturated heterocycles. The molecule has 9 heteroatoms. The number of Topliss-reactive ketones (excluding diaryl/α,β-unsaturated/α-hetero) is 1. The van der Waals surface area contributed by atoms with Gasteiger partial charge < -0.3 is 14.5 Å². The molecular weight excluding hydrogens is 504 g/mol. The van der Waals surface area contributed by atoms with E-state index in [0.29, 0.717) is 44.9 Å². The zero-order valence-electron chi connectivity index (χ0n) is 21.3. The van der Waals surface area contributed by atoms with Crippen LogP contribution in [0.3, 0.4) is 0 Å². The van der Waals surface area contributed by atoms with Crippen LogP contribution in [0.4, 0.5) is 8.78 Å². The lowest BCUT2D eigenvalue weighted by atomic mass is 9.97. The highest BCUT2D eigenvalue weighted by Crippen LogP contribution is 2.31. The van der Waals surface area contributed by atoms with Crippen molar-refractivity contribution in [2.75, 3.05) is 7.11 Å². The van der Waals surface area contributed by atoms with Crippen LogP contribution in [0.25, 0.3) is 22.2 Å². The molecule has 0 radical (unpaired) electrons. The van der Waals surface area contributed by atoms with Crippen LogP contribution in [0.15, 0.2) is 71.9 Å². The first-order chi connectivity index (χ1) is 18.7. The van der Waals surface area contributed by atoms with E-state index in [0.717, 1.165) is 0 Å². The van der Waals surface area contributed by atoms with Crippen molar-refractivity contribution in [3.8, 4) is 28.4 Å². The third-order valence-electron chi connectivity index (χ3n) is 6.36. The van der Waals surface area contributed by atoms with Crippen LogP contribution in [0.5, 0.6) is 17.2 Å². The number of H-pyrrole nitrogens is 1. The molecule has 0 unspecified atom stereocenters. The van der Waals surface area contributed by atoms with Crippen LogP contribution >= 0.6 is 0 Å². The van der Waals surface area contributed by atoms with Crippen LogP contribution in [0, 0.1) is 25.5 Å². The fraction of sp³-hybridized carbons (Fsp3) is 0.133. The summed E-state index contributed by atoms with van der Waals surface area (Å²) in [5.74, 6) is -0.775. The second kappa shape index (κ2) is 10.4. The van der Waals surface area contributed by atoms with Gasteiger partial charge in [0.15, 0.2) is 28.5 Å². The number of rotatable bonds is 7. The van der Waals surface area contributed by atoms with Gasteiger partial charge in [0.1, 0.15) is 17.1 Å². The van der Waals surface area contributed by atoms with E-state index in [1.165, 1.54) is 50.0 Å². The van der Waals surface area contributed by atoms with Crippen LogP contribution < -0.4 is 14.9 Å². The molecule has 7 nitrogen and oxygen atoms in total. The summed E-state index contributed by atoms with van der Waals surface area (Å²) < 4.78 is 39.7. The number of ketones is 1. The Balaban J connectivity index is 1.39. The number of fused-ring (bicyclic) bond motifs is 1. The molecule has 0 saturated carbocycles. The van der Waals surface area contributed by atoms with Crippen molar-refractivity contribution >= 4 is 16.8 Å². The largest absolute Gasteiger partial charge is 0.495 e. The maximum atomic E-state index is 15.0. The Labute approximate surface area is 222 Å². The standard InChI is InChI=1S/C30H23F2N3O4/c1-16-10-19(5-6-22(16)31)28-17(2)34-15-21(30(28)37)25(36)12-18-4-7-26(23(32)11-18)39-27-8-9-33-24-13-20(38-3)14-35-29(24)27/h4-11,13-15H,12H2,1-3H3,(H,34,37). The minimum atomic E-state index is -0.681. The third kappa shape index (κ3) is 5.11. The summed E-state index contributed by atoms with van der Waals surface area (Å²) in [4.78, 5) is 37.8. The molecule has 5 aromatic rings. The summed E-state index contributed by atoms with van der Waals surface area (Å²) in [5, 5.41) is 0. The minimum absolute atomic E-state index is 0.0570. The van der Waals surface area contributed by atoms with Crippen molar-refractivity contribution < 1.29 is 23.0 Å². The normalized spacial score (nSPS) is 11.0. The molecule has 39 heavy (non-hydrogen) atoms. The van der Waals surface area contributed by atoms with E-state index in [2.05, 4.69) is 15.0 Å². The first-order valence-corrected chi connectivity index (χ1v) is 12.0. The first-order valence-electron chi connectivity index (χ1n) is 12.0. The van der Waals surface area contributed by atoms with Gasteiger partial charge in [0, 0.05) is 42.2 Å². The summed E-state index contributed by atoms with van der Waals surface area (Å²) in [5.41, 5.74) is 2.51. The van der Waals surface area contributed by atoms with Crippen molar-refractivity contribution in [1.29, 1.82) is 0 Å². The van der Waals surface area contributed by atoms with Crippen LogP contribution in [-0.2, 0) is 6.42 Å². The number of pyridine rings is 3. The number of aromatic nitrogens is 3. The number of carbonyl (C=O) groups excluding carboxylic acids is 1. The van der Waals surface area contributed by atoms with E-state index in [1.54, 1.807) is 38.1 Å². The van der Waals surface area contributed by atoms with Gasteiger partial charge in [0.25, 0.3) is 0 Å². The zero-order valence-corrected chi connectivity index (χ0v) is 21.3. The summed E-state index contributed by atoms with van der Waals surface area (Å²) in [6, 6.07) is 11.8. The van der Waals surface area contributed by atoms with Crippen molar-refractivity contribution in [3.63, 3.8) is 0 Å². The minimum Gasteiger partial charge on any atom is -0.495 e. The fourth-order valence-electron chi connectivity index (χ4n) is 4.30. The van der Waals surface area contributed by atoms with E-state index in [1.807, 2.05) is 0 Å². The number of aromatic amines is 1. The topological polar surface area (TPSA) is 94.2 Å². The van der Waals surface area contributed by atoms with E-state index in [-0.39, 0.29) is 29.1 Å². The second-order valence-corrected chi connectivity index (χ2v) is 9.01. The number of hydrogen-bond donors (Lipinski definition) is 1. The molecule has 196 valence electrons. The number of ether oxygens (including phenoxy) is 2. The molecular formula is C30H23F2N3O4. The van der Waals surface area contributed by atoms with Gasteiger partial charge in [-0.05, 0) is 54.8 Å². The van der Waals surface area contributed by atoms with Gasteiger partial charge in [-0.25, -0.2) is 13.8 Å². The molecule has 0 amide bonds. The Morgan fingerprint density at radius 1 is 0.974 bits per heavy atom. The molecule has 2 aromatic carbocycles.